The molecule has 0 aromatic heterocycles. The van der Waals surface area contributed by atoms with Crippen LogP contribution in [0.5, 0.6) is 0 Å². The van der Waals surface area contributed by atoms with Gasteiger partial charge in [-0.3, -0.25) is 0 Å². The van der Waals surface area contributed by atoms with E-state index in [1.165, 1.54) is 12.1 Å². The zero-order valence-electron chi connectivity index (χ0n) is 11.5. The lowest BCUT2D eigenvalue weighted by Gasteiger charge is -2.32. The Morgan fingerprint density at radius 3 is 2.33 bits per heavy atom. The lowest BCUT2D eigenvalue weighted by atomic mass is 9.78. The molecule has 2 nitrogen and oxygen atoms in total. The number of aliphatic hydroxyl groups is 1. The van der Waals surface area contributed by atoms with Crippen molar-refractivity contribution in [1.29, 1.82) is 0 Å². The minimum Gasteiger partial charge on any atom is -0.392 e. The maximum Gasteiger partial charge on any atom is 0.123 e. The minimum absolute atomic E-state index is 0.0347. The van der Waals surface area contributed by atoms with Gasteiger partial charge in [-0.05, 0) is 42.4 Å². The maximum atomic E-state index is 12.8. The Balaban J connectivity index is 2.65. The highest BCUT2D eigenvalue weighted by Crippen LogP contribution is 2.29. The molecule has 0 saturated carbocycles. The van der Waals surface area contributed by atoms with E-state index in [0.717, 1.165) is 12.0 Å². The molecule has 2 unspecified atom stereocenters. The maximum absolute atomic E-state index is 12.8. The van der Waals surface area contributed by atoms with Crippen LogP contribution in [0, 0.1) is 11.2 Å². The van der Waals surface area contributed by atoms with E-state index in [-0.39, 0.29) is 17.3 Å². The molecular weight excluding hydrogens is 229 g/mol. The second kappa shape index (κ2) is 6.30. The van der Waals surface area contributed by atoms with Gasteiger partial charge in [0.1, 0.15) is 5.82 Å². The first-order chi connectivity index (χ1) is 8.35. The Morgan fingerprint density at radius 1 is 1.28 bits per heavy atom. The molecule has 0 saturated heterocycles. The van der Waals surface area contributed by atoms with E-state index >= 15 is 0 Å². The van der Waals surface area contributed by atoms with Crippen LogP contribution in [0.4, 0.5) is 4.39 Å². The second-order valence-electron chi connectivity index (χ2n) is 5.71. The van der Waals surface area contributed by atoms with Gasteiger partial charge in [-0.15, -0.1) is 0 Å². The number of hydrogen-bond donors (Lipinski definition) is 2. The van der Waals surface area contributed by atoms with Crippen LogP contribution in [0.1, 0.15) is 39.2 Å². The quantitative estimate of drug-likeness (QED) is 0.819. The molecule has 1 aromatic rings. The fourth-order valence-electron chi connectivity index (χ4n) is 2.02. The first-order valence-electron chi connectivity index (χ1n) is 6.53. The van der Waals surface area contributed by atoms with Gasteiger partial charge in [0.25, 0.3) is 0 Å². The van der Waals surface area contributed by atoms with Crippen LogP contribution in [-0.4, -0.2) is 17.3 Å². The third kappa shape index (κ3) is 4.39. The molecule has 3 heteroatoms. The van der Waals surface area contributed by atoms with E-state index in [2.05, 4.69) is 0 Å². The molecule has 1 rings (SSSR count). The summed E-state index contributed by atoms with van der Waals surface area (Å²) in [7, 11) is 0. The molecule has 0 amide bonds. The van der Waals surface area contributed by atoms with Gasteiger partial charge in [-0.1, -0.05) is 32.9 Å². The topological polar surface area (TPSA) is 46.2 Å². The molecule has 102 valence electrons. The van der Waals surface area contributed by atoms with Crippen molar-refractivity contribution >= 4 is 0 Å². The van der Waals surface area contributed by atoms with E-state index in [1.807, 2.05) is 20.8 Å². The molecule has 0 fully saturated rings. The molecule has 0 aliphatic carbocycles. The third-order valence-electron chi connectivity index (χ3n) is 3.53. The Hall–Kier alpha value is -0.930. The van der Waals surface area contributed by atoms with Gasteiger partial charge >= 0.3 is 0 Å². The molecule has 0 radical (unpaired) electrons. The van der Waals surface area contributed by atoms with Crippen molar-refractivity contribution in [2.75, 3.05) is 0 Å². The number of benzene rings is 1. The molecule has 0 bridgehead atoms. The van der Waals surface area contributed by atoms with Gasteiger partial charge in [-0.2, -0.15) is 0 Å². The number of halogens is 1. The Morgan fingerprint density at radius 2 is 1.83 bits per heavy atom. The van der Waals surface area contributed by atoms with Crippen LogP contribution in [0.25, 0.3) is 0 Å². The largest absolute Gasteiger partial charge is 0.392 e. The predicted octanol–water partition coefficient (Wildman–Crippen LogP) is 2.88. The summed E-state index contributed by atoms with van der Waals surface area (Å²) in [6, 6.07) is 6.48. The van der Waals surface area contributed by atoms with Crippen LogP contribution in [0.2, 0.25) is 0 Å². The summed E-state index contributed by atoms with van der Waals surface area (Å²) in [5, 5.41) is 10.2. The van der Waals surface area contributed by atoms with E-state index in [1.54, 1.807) is 12.1 Å². The highest BCUT2D eigenvalue weighted by atomic mass is 19.1. The van der Waals surface area contributed by atoms with E-state index in [9.17, 15) is 9.50 Å². The van der Waals surface area contributed by atoms with Crippen molar-refractivity contribution in [3.05, 3.63) is 35.6 Å². The first-order valence-corrected chi connectivity index (χ1v) is 6.53. The van der Waals surface area contributed by atoms with Crippen molar-refractivity contribution in [2.45, 2.75) is 52.2 Å². The van der Waals surface area contributed by atoms with Gasteiger partial charge in [-0.25, -0.2) is 4.39 Å². The third-order valence-corrected chi connectivity index (χ3v) is 3.53. The molecular formula is C15H24FNO. The zero-order chi connectivity index (χ0) is 13.8. The van der Waals surface area contributed by atoms with E-state index < -0.39 is 6.10 Å². The van der Waals surface area contributed by atoms with Crippen LogP contribution < -0.4 is 5.73 Å². The van der Waals surface area contributed by atoms with E-state index in [4.69, 9.17) is 5.73 Å². The molecule has 0 aliphatic heterocycles. The fraction of sp³-hybridized carbons (Fsp3) is 0.600. The molecule has 0 spiro atoms. The van der Waals surface area contributed by atoms with E-state index in [0.29, 0.717) is 12.8 Å². The second-order valence-corrected chi connectivity index (χ2v) is 5.71. The van der Waals surface area contributed by atoms with Crippen molar-refractivity contribution in [1.82, 2.24) is 0 Å². The highest BCUT2D eigenvalue weighted by molar-refractivity contribution is 5.17. The molecule has 3 N–H and O–H groups in total. The van der Waals surface area contributed by atoms with Gasteiger partial charge in [0, 0.05) is 6.04 Å². The summed E-state index contributed by atoms with van der Waals surface area (Å²) in [6.45, 7) is 6.05. The number of aliphatic hydroxyl groups excluding tert-OH is 1. The van der Waals surface area contributed by atoms with Crippen molar-refractivity contribution in [3.8, 4) is 0 Å². The van der Waals surface area contributed by atoms with Gasteiger partial charge in [0.15, 0.2) is 0 Å². The fourth-order valence-corrected chi connectivity index (χ4v) is 2.02. The minimum atomic E-state index is -0.447. The van der Waals surface area contributed by atoms with Crippen LogP contribution in [0.3, 0.4) is 0 Å². The number of rotatable bonds is 6. The lowest BCUT2D eigenvalue weighted by Crippen LogP contribution is -2.36. The highest BCUT2D eigenvalue weighted by Gasteiger charge is 2.29. The number of nitrogens with two attached hydrogens (primary N) is 1. The van der Waals surface area contributed by atoms with Crippen LogP contribution in [0.15, 0.2) is 24.3 Å². The van der Waals surface area contributed by atoms with Crippen molar-refractivity contribution in [2.24, 2.45) is 11.1 Å². The molecule has 0 aliphatic rings. The van der Waals surface area contributed by atoms with Gasteiger partial charge in [0.05, 0.1) is 6.10 Å². The smallest absolute Gasteiger partial charge is 0.123 e. The van der Waals surface area contributed by atoms with Crippen LogP contribution in [-0.2, 0) is 6.42 Å². The monoisotopic (exact) mass is 253 g/mol. The number of hydrogen-bond acceptors (Lipinski definition) is 2. The van der Waals surface area contributed by atoms with Gasteiger partial charge < -0.3 is 10.8 Å². The summed E-state index contributed by atoms with van der Waals surface area (Å²) in [5.74, 6) is -0.231. The summed E-state index contributed by atoms with van der Waals surface area (Å²) < 4.78 is 12.8. The van der Waals surface area contributed by atoms with Gasteiger partial charge in [0.2, 0.25) is 0 Å². The molecule has 1 aromatic carbocycles. The standard InChI is InChI=1S/C15H24FNO/c1-4-13(17)9-14(18)15(2,3)10-11-5-7-12(16)8-6-11/h5-8,13-14,18H,4,9-10,17H2,1-3H3. The average molecular weight is 253 g/mol. The Kier molecular flexibility index (Phi) is 5.29. The summed E-state index contributed by atoms with van der Waals surface area (Å²) in [4.78, 5) is 0. The summed E-state index contributed by atoms with van der Waals surface area (Å²) >= 11 is 0. The zero-order valence-corrected chi connectivity index (χ0v) is 11.5. The predicted molar refractivity (Wildman–Crippen MR) is 72.8 cm³/mol. The summed E-state index contributed by atoms with van der Waals surface area (Å²) in [5.41, 5.74) is 6.65. The molecule has 18 heavy (non-hydrogen) atoms. The lowest BCUT2D eigenvalue weighted by molar-refractivity contribution is 0.0375. The van der Waals surface area contributed by atoms with Crippen molar-refractivity contribution < 1.29 is 9.50 Å². The Bertz CT molecular complexity index is 361. The Labute approximate surface area is 109 Å². The normalized spacial score (nSPS) is 15.4. The van der Waals surface area contributed by atoms with Crippen molar-refractivity contribution in [3.63, 3.8) is 0 Å². The average Bonchev–Trinajstić information content (AvgIpc) is 2.31. The summed E-state index contributed by atoms with van der Waals surface area (Å²) in [6.07, 6.45) is 1.73. The molecule has 2 atom stereocenters. The SMILES string of the molecule is CCC(N)CC(O)C(C)(C)Cc1ccc(F)cc1. The molecule has 0 heterocycles. The van der Waals surface area contributed by atoms with Crippen LogP contribution >= 0.6 is 0 Å². The first kappa shape index (κ1) is 15.1.